The molecule has 4 rings (SSSR count). The van der Waals surface area contributed by atoms with Crippen molar-refractivity contribution in [2.45, 2.75) is 6.92 Å². The molecule has 26 heavy (non-hydrogen) atoms. The zero-order valence-electron chi connectivity index (χ0n) is 13.5. The number of aromatic amines is 1. The third-order valence-corrected chi connectivity index (χ3v) is 3.74. The molecule has 0 fully saturated rings. The number of hydrogen-bond donors (Lipinski definition) is 3. The van der Waals surface area contributed by atoms with Gasteiger partial charge in [-0.05, 0) is 23.3 Å². The van der Waals surface area contributed by atoms with E-state index < -0.39 is 5.91 Å². The molecule has 130 valence electrons. The molecular weight excluding hydrogens is 338 g/mol. The van der Waals surface area contributed by atoms with Gasteiger partial charge in [-0.3, -0.25) is 4.79 Å². The fraction of sp³-hybridized carbons (Fsp3) is 0.0667. The Morgan fingerprint density at radius 2 is 2.23 bits per heavy atom. The van der Waals surface area contributed by atoms with Crippen LogP contribution in [0.25, 0.3) is 16.7 Å². The molecular formula is C15H13N9O2. The molecule has 0 atom stereocenters. The maximum absolute atomic E-state index is 12.5. The second-order valence-electron chi connectivity index (χ2n) is 5.40. The fourth-order valence-corrected chi connectivity index (χ4v) is 2.52. The van der Waals surface area contributed by atoms with Gasteiger partial charge in [0, 0.05) is 22.7 Å². The lowest BCUT2D eigenvalue weighted by atomic mass is 10.2. The number of amides is 1. The quantitative estimate of drug-likeness (QED) is 0.363. The van der Waals surface area contributed by atoms with Crippen LogP contribution in [0.2, 0.25) is 0 Å². The standard InChI is InChI=1S/C15H13N9O2/c1-8-12(24(23-19-8)14-13(16)21-26-22-14)15(25)20-18-7-9-6-17-11-5-3-2-4-10(9)11/h2-7,17H,1H3,(H2,16,21)(H,20,25)/b18-7+. The van der Waals surface area contributed by atoms with Crippen molar-refractivity contribution >= 4 is 28.8 Å². The van der Waals surface area contributed by atoms with Gasteiger partial charge in [0.15, 0.2) is 5.69 Å². The lowest BCUT2D eigenvalue weighted by molar-refractivity contribution is 0.0946. The molecule has 11 heteroatoms. The third-order valence-electron chi connectivity index (χ3n) is 3.74. The minimum Gasteiger partial charge on any atom is -0.378 e. The van der Waals surface area contributed by atoms with E-state index in [1.165, 1.54) is 0 Å². The molecule has 1 aromatic carbocycles. The van der Waals surface area contributed by atoms with Crippen LogP contribution in [0.3, 0.4) is 0 Å². The summed E-state index contributed by atoms with van der Waals surface area (Å²) >= 11 is 0. The van der Waals surface area contributed by atoms with Gasteiger partial charge in [-0.25, -0.2) is 10.1 Å². The van der Waals surface area contributed by atoms with Crippen LogP contribution in [-0.4, -0.2) is 42.4 Å². The minimum atomic E-state index is -0.522. The number of anilines is 1. The van der Waals surface area contributed by atoms with Crippen LogP contribution >= 0.6 is 0 Å². The smallest absolute Gasteiger partial charge is 0.292 e. The Morgan fingerprint density at radius 3 is 3.04 bits per heavy atom. The Balaban J connectivity index is 1.58. The highest BCUT2D eigenvalue weighted by molar-refractivity contribution is 6.00. The topological polar surface area (TPSA) is 153 Å². The van der Waals surface area contributed by atoms with Crippen molar-refractivity contribution in [3.8, 4) is 5.82 Å². The molecule has 0 saturated carbocycles. The number of aryl methyl sites for hydroxylation is 1. The van der Waals surface area contributed by atoms with E-state index in [4.69, 9.17) is 5.73 Å². The van der Waals surface area contributed by atoms with Crippen LogP contribution in [0.4, 0.5) is 5.82 Å². The normalized spacial score (nSPS) is 11.4. The number of carbonyl (C=O) groups excluding carboxylic acids is 1. The summed E-state index contributed by atoms with van der Waals surface area (Å²) in [5.41, 5.74) is 10.4. The van der Waals surface area contributed by atoms with Crippen molar-refractivity contribution in [1.29, 1.82) is 0 Å². The summed E-state index contributed by atoms with van der Waals surface area (Å²) in [6.07, 6.45) is 3.35. The van der Waals surface area contributed by atoms with Crippen molar-refractivity contribution in [3.63, 3.8) is 0 Å². The van der Waals surface area contributed by atoms with Gasteiger partial charge in [0.1, 0.15) is 0 Å². The Labute approximate surface area is 145 Å². The van der Waals surface area contributed by atoms with Gasteiger partial charge in [0.05, 0.1) is 11.9 Å². The molecule has 0 aliphatic carbocycles. The summed E-state index contributed by atoms with van der Waals surface area (Å²) < 4.78 is 5.69. The number of hydrogen-bond acceptors (Lipinski definition) is 8. The number of aromatic nitrogens is 6. The molecule has 3 aromatic heterocycles. The Hall–Kier alpha value is -4.02. The lowest BCUT2D eigenvalue weighted by Gasteiger charge is -2.02. The van der Waals surface area contributed by atoms with E-state index in [-0.39, 0.29) is 17.3 Å². The zero-order valence-corrected chi connectivity index (χ0v) is 13.5. The first-order chi connectivity index (χ1) is 12.6. The van der Waals surface area contributed by atoms with Crippen molar-refractivity contribution in [1.82, 2.24) is 35.7 Å². The molecule has 3 heterocycles. The molecule has 4 N–H and O–H groups in total. The van der Waals surface area contributed by atoms with Crippen LogP contribution in [-0.2, 0) is 0 Å². The molecule has 0 aliphatic rings. The Kier molecular flexibility index (Phi) is 3.65. The summed E-state index contributed by atoms with van der Waals surface area (Å²) in [5, 5.41) is 19.8. The Bertz CT molecular complexity index is 1120. The predicted octanol–water partition coefficient (Wildman–Crippen LogP) is 0.786. The van der Waals surface area contributed by atoms with E-state index in [0.29, 0.717) is 5.69 Å². The number of hydrazone groups is 1. The summed E-state index contributed by atoms with van der Waals surface area (Å²) in [6, 6.07) is 7.77. The number of nitrogens with one attached hydrogen (secondary N) is 2. The van der Waals surface area contributed by atoms with Crippen LogP contribution in [0.1, 0.15) is 21.7 Å². The van der Waals surface area contributed by atoms with Gasteiger partial charge in [0.25, 0.3) is 5.91 Å². The van der Waals surface area contributed by atoms with E-state index in [1.807, 2.05) is 24.3 Å². The number of nitrogen functional groups attached to an aromatic ring is 1. The van der Waals surface area contributed by atoms with Crippen molar-refractivity contribution in [2.75, 3.05) is 5.73 Å². The van der Waals surface area contributed by atoms with Gasteiger partial charge >= 0.3 is 0 Å². The summed E-state index contributed by atoms with van der Waals surface area (Å²) in [7, 11) is 0. The van der Waals surface area contributed by atoms with Gasteiger partial charge in [0.2, 0.25) is 11.6 Å². The first kappa shape index (κ1) is 15.5. The number of benzene rings is 1. The molecule has 0 spiro atoms. The maximum atomic E-state index is 12.5. The van der Waals surface area contributed by atoms with Crippen LogP contribution < -0.4 is 11.2 Å². The zero-order chi connectivity index (χ0) is 18.1. The molecule has 0 radical (unpaired) electrons. The number of carbonyl (C=O) groups is 1. The van der Waals surface area contributed by atoms with Gasteiger partial charge < -0.3 is 10.7 Å². The number of para-hydroxylation sites is 1. The number of nitrogens with zero attached hydrogens (tertiary/aromatic N) is 6. The molecule has 0 aliphatic heterocycles. The molecule has 0 bridgehead atoms. The molecule has 0 saturated heterocycles. The number of fused-ring (bicyclic) bond motifs is 1. The van der Waals surface area contributed by atoms with Gasteiger partial charge in [-0.15, -0.1) is 5.10 Å². The monoisotopic (exact) mass is 351 g/mol. The fourth-order valence-electron chi connectivity index (χ4n) is 2.52. The van der Waals surface area contributed by atoms with E-state index >= 15 is 0 Å². The van der Waals surface area contributed by atoms with Crippen molar-refractivity contribution < 1.29 is 9.42 Å². The maximum Gasteiger partial charge on any atom is 0.292 e. The highest BCUT2D eigenvalue weighted by Crippen LogP contribution is 2.16. The summed E-state index contributed by atoms with van der Waals surface area (Å²) in [4.78, 5) is 15.6. The average Bonchev–Trinajstić information content (AvgIpc) is 3.34. The van der Waals surface area contributed by atoms with Crippen LogP contribution in [0, 0.1) is 6.92 Å². The number of nitrogens with two attached hydrogens (primary N) is 1. The molecule has 1 amide bonds. The first-order valence-electron chi connectivity index (χ1n) is 7.55. The van der Waals surface area contributed by atoms with Gasteiger partial charge in [-0.2, -0.15) is 9.78 Å². The highest BCUT2D eigenvalue weighted by Gasteiger charge is 2.22. The highest BCUT2D eigenvalue weighted by atomic mass is 16.6. The van der Waals surface area contributed by atoms with E-state index in [9.17, 15) is 4.79 Å². The predicted molar refractivity (Wildman–Crippen MR) is 91.7 cm³/mol. The Morgan fingerprint density at radius 1 is 1.38 bits per heavy atom. The van der Waals surface area contributed by atoms with E-state index in [2.05, 4.69) is 40.8 Å². The van der Waals surface area contributed by atoms with E-state index in [0.717, 1.165) is 21.1 Å². The first-order valence-corrected chi connectivity index (χ1v) is 7.55. The second kappa shape index (κ2) is 6.12. The summed E-state index contributed by atoms with van der Waals surface area (Å²) in [5.74, 6) is -0.450. The van der Waals surface area contributed by atoms with Crippen molar-refractivity contribution in [3.05, 3.63) is 47.4 Å². The van der Waals surface area contributed by atoms with Gasteiger partial charge in [-0.1, -0.05) is 23.4 Å². The third kappa shape index (κ3) is 2.56. The summed E-state index contributed by atoms with van der Waals surface area (Å²) in [6.45, 7) is 1.63. The van der Waals surface area contributed by atoms with Crippen LogP contribution in [0.15, 0.2) is 40.2 Å². The molecule has 4 aromatic rings. The minimum absolute atomic E-state index is 0.00811. The number of rotatable bonds is 4. The van der Waals surface area contributed by atoms with Crippen molar-refractivity contribution in [2.24, 2.45) is 5.10 Å². The lowest BCUT2D eigenvalue weighted by Crippen LogP contribution is -2.22. The van der Waals surface area contributed by atoms with Crippen LogP contribution in [0.5, 0.6) is 0 Å². The molecule has 11 nitrogen and oxygen atoms in total. The SMILES string of the molecule is Cc1nnn(-c2nonc2N)c1C(=O)N/N=C/c1c[nH]c2ccccc12. The average molecular weight is 351 g/mol. The number of H-pyrrole nitrogens is 1. The molecule has 0 unspecified atom stereocenters. The van der Waals surface area contributed by atoms with E-state index in [1.54, 1.807) is 19.3 Å². The second-order valence-corrected chi connectivity index (χ2v) is 5.40. The largest absolute Gasteiger partial charge is 0.378 e.